The summed E-state index contributed by atoms with van der Waals surface area (Å²) in [5, 5.41) is 4.12. The summed E-state index contributed by atoms with van der Waals surface area (Å²) in [4.78, 5) is 16.8. The zero-order chi connectivity index (χ0) is 21.6. The SMILES string of the molecule is Cc1ccc(CN2CCN(CC(=O)NN=Cc3ccc(C(C)(C)C)cc3)CC2)cc1. The summed E-state index contributed by atoms with van der Waals surface area (Å²) in [6.45, 7) is 13.8. The first-order chi connectivity index (χ1) is 14.3. The van der Waals surface area contributed by atoms with Crippen molar-refractivity contribution in [1.29, 1.82) is 0 Å². The van der Waals surface area contributed by atoms with E-state index in [0.717, 1.165) is 38.3 Å². The van der Waals surface area contributed by atoms with E-state index in [1.54, 1.807) is 6.21 Å². The fourth-order valence-electron chi connectivity index (χ4n) is 3.54. The number of amides is 1. The third-order valence-electron chi connectivity index (χ3n) is 5.54. The van der Waals surface area contributed by atoms with Crippen molar-refractivity contribution in [2.45, 2.75) is 39.7 Å². The number of hydrogen-bond acceptors (Lipinski definition) is 4. The number of hydrogen-bond donors (Lipinski definition) is 1. The van der Waals surface area contributed by atoms with Gasteiger partial charge in [0, 0.05) is 32.7 Å². The van der Waals surface area contributed by atoms with Crippen molar-refractivity contribution in [3.63, 3.8) is 0 Å². The molecule has 0 spiro atoms. The molecule has 1 fully saturated rings. The Bertz CT molecular complexity index is 842. The maximum Gasteiger partial charge on any atom is 0.254 e. The first-order valence-corrected chi connectivity index (χ1v) is 10.7. The highest BCUT2D eigenvalue weighted by molar-refractivity contribution is 5.83. The van der Waals surface area contributed by atoms with E-state index in [2.05, 4.69) is 84.4 Å². The Morgan fingerprint density at radius 3 is 2.17 bits per heavy atom. The molecule has 30 heavy (non-hydrogen) atoms. The second-order valence-electron chi connectivity index (χ2n) is 9.20. The number of hydrazone groups is 1. The van der Waals surface area contributed by atoms with Crippen LogP contribution in [0.4, 0.5) is 0 Å². The monoisotopic (exact) mass is 406 g/mol. The van der Waals surface area contributed by atoms with Crippen molar-refractivity contribution in [2.24, 2.45) is 5.10 Å². The lowest BCUT2D eigenvalue weighted by Crippen LogP contribution is -2.48. The Balaban J connectivity index is 1.38. The highest BCUT2D eigenvalue weighted by Gasteiger charge is 2.19. The van der Waals surface area contributed by atoms with Gasteiger partial charge in [-0.05, 0) is 29.0 Å². The summed E-state index contributed by atoms with van der Waals surface area (Å²) >= 11 is 0. The van der Waals surface area contributed by atoms with Crippen LogP contribution in [-0.4, -0.2) is 54.6 Å². The number of benzene rings is 2. The first kappa shape index (κ1) is 22.2. The average Bonchev–Trinajstić information content (AvgIpc) is 2.71. The molecule has 5 nitrogen and oxygen atoms in total. The number of piperazine rings is 1. The second kappa shape index (κ2) is 10.0. The molecule has 3 rings (SSSR count). The van der Waals surface area contributed by atoms with E-state index in [1.807, 2.05) is 12.1 Å². The van der Waals surface area contributed by atoms with Gasteiger partial charge in [-0.2, -0.15) is 5.10 Å². The molecular formula is C25H34N4O. The van der Waals surface area contributed by atoms with Crippen LogP contribution in [0.2, 0.25) is 0 Å². The third kappa shape index (κ3) is 6.78. The summed E-state index contributed by atoms with van der Waals surface area (Å²) in [7, 11) is 0. The number of carbonyl (C=O) groups excluding carboxylic acids is 1. The van der Waals surface area contributed by atoms with Crippen LogP contribution in [0.5, 0.6) is 0 Å². The molecule has 1 N–H and O–H groups in total. The van der Waals surface area contributed by atoms with Gasteiger partial charge in [-0.15, -0.1) is 0 Å². The largest absolute Gasteiger partial charge is 0.297 e. The molecule has 0 unspecified atom stereocenters. The standard InChI is InChI=1S/C25H34N4O/c1-20-5-7-22(8-6-20)18-28-13-15-29(16-14-28)19-24(30)27-26-17-21-9-11-23(12-10-21)25(2,3)4/h5-12,17H,13-16,18-19H2,1-4H3,(H,27,30). The average molecular weight is 407 g/mol. The van der Waals surface area contributed by atoms with Gasteiger partial charge in [-0.1, -0.05) is 74.9 Å². The topological polar surface area (TPSA) is 47.9 Å². The van der Waals surface area contributed by atoms with Crippen molar-refractivity contribution in [2.75, 3.05) is 32.7 Å². The minimum atomic E-state index is -0.0652. The van der Waals surface area contributed by atoms with Crippen molar-refractivity contribution >= 4 is 12.1 Å². The lowest BCUT2D eigenvalue weighted by Gasteiger charge is -2.34. The molecule has 160 valence electrons. The number of nitrogens with one attached hydrogen (secondary N) is 1. The minimum absolute atomic E-state index is 0.0652. The van der Waals surface area contributed by atoms with Gasteiger partial charge in [0.1, 0.15) is 0 Å². The number of nitrogens with zero attached hydrogens (tertiary/aromatic N) is 3. The molecule has 0 bridgehead atoms. The van der Waals surface area contributed by atoms with E-state index in [0.29, 0.717) is 6.54 Å². The molecular weight excluding hydrogens is 372 g/mol. The van der Waals surface area contributed by atoms with Crippen LogP contribution in [-0.2, 0) is 16.8 Å². The Morgan fingerprint density at radius 2 is 1.57 bits per heavy atom. The first-order valence-electron chi connectivity index (χ1n) is 10.7. The molecule has 0 aliphatic carbocycles. The summed E-state index contributed by atoms with van der Waals surface area (Å²) in [5.41, 5.74) is 7.69. The van der Waals surface area contributed by atoms with Gasteiger partial charge in [-0.3, -0.25) is 14.6 Å². The number of rotatable bonds is 6. The highest BCUT2D eigenvalue weighted by Crippen LogP contribution is 2.21. The summed E-state index contributed by atoms with van der Waals surface area (Å²) in [6.07, 6.45) is 1.70. The van der Waals surface area contributed by atoms with Crippen LogP contribution < -0.4 is 5.43 Å². The summed E-state index contributed by atoms with van der Waals surface area (Å²) in [5.74, 6) is -0.0652. The molecule has 0 saturated carbocycles. The van der Waals surface area contributed by atoms with Gasteiger partial charge < -0.3 is 0 Å². The molecule has 5 heteroatoms. The maximum atomic E-state index is 12.2. The van der Waals surface area contributed by atoms with E-state index in [4.69, 9.17) is 0 Å². The van der Waals surface area contributed by atoms with Gasteiger partial charge in [-0.25, -0.2) is 5.43 Å². The van der Waals surface area contributed by atoms with Gasteiger partial charge in [0.25, 0.3) is 5.91 Å². The third-order valence-corrected chi connectivity index (χ3v) is 5.54. The predicted molar refractivity (Wildman–Crippen MR) is 124 cm³/mol. The van der Waals surface area contributed by atoms with E-state index < -0.39 is 0 Å². The predicted octanol–water partition coefficient (Wildman–Crippen LogP) is 3.56. The van der Waals surface area contributed by atoms with Crippen LogP contribution in [0.25, 0.3) is 0 Å². The van der Waals surface area contributed by atoms with Crippen LogP contribution in [0.1, 0.15) is 43.0 Å². The Morgan fingerprint density at radius 1 is 0.967 bits per heavy atom. The molecule has 1 heterocycles. The van der Waals surface area contributed by atoms with E-state index in [1.165, 1.54) is 16.7 Å². The van der Waals surface area contributed by atoms with E-state index in [9.17, 15) is 4.79 Å². The van der Waals surface area contributed by atoms with E-state index >= 15 is 0 Å². The molecule has 0 radical (unpaired) electrons. The molecule has 2 aromatic rings. The molecule has 0 atom stereocenters. The second-order valence-corrected chi connectivity index (χ2v) is 9.20. The minimum Gasteiger partial charge on any atom is -0.297 e. The molecule has 1 aliphatic heterocycles. The Labute approximate surface area is 180 Å². The number of carbonyl (C=O) groups is 1. The van der Waals surface area contributed by atoms with Gasteiger partial charge in [0.05, 0.1) is 12.8 Å². The number of aryl methyl sites for hydroxylation is 1. The lowest BCUT2D eigenvalue weighted by atomic mass is 9.87. The lowest BCUT2D eigenvalue weighted by molar-refractivity contribution is -0.122. The molecule has 1 aliphatic rings. The Hall–Kier alpha value is -2.50. The van der Waals surface area contributed by atoms with Crippen molar-refractivity contribution in [3.05, 3.63) is 70.8 Å². The van der Waals surface area contributed by atoms with Crippen molar-refractivity contribution in [3.8, 4) is 0 Å². The van der Waals surface area contributed by atoms with Crippen LogP contribution in [0.15, 0.2) is 53.6 Å². The smallest absolute Gasteiger partial charge is 0.254 e. The molecule has 2 aromatic carbocycles. The molecule has 0 aromatic heterocycles. The van der Waals surface area contributed by atoms with Crippen molar-refractivity contribution in [1.82, 2.24) is 15.2 Å². The van der Waals surface area contributed by atoms with Gasteiger partial charge in [0.15, 0.2) is 0 Å². The fraction of sp³-hybridized carbons (Fsp3) is 0.440. The van der Waals surface area contributed by atoms with Crippen LogP contribution in [0, 0.1) is 6.92 Å². The molecule has 1 saturated heterocycles. The van der Waals surface area contributed by atoms with E-state index in [-0.39, 0.29) is 11.3 Å². The Kier molecular flexibility index (Phi) is 7.40. The summed E-state index contributed by atoms with van der Waals surface area (Å²) < 4.78 is 0. The quantitative estimate of drug-likeness (QED) is 0.589. The normalized spacial score (nSPS) is 16.1. The van der Waals surface area contributed by atoms with Crippen molar-refractivity contribution < 1.29 is 4.79 Å². The van der Waals surface area contributed by atoms with Gasteiger partial charge in [0.2, 0.25) is 0 Å². The summed E-state index contributed by atoms with van der Waals surface area (Å²) in [6, 6.07) is 17.0. The fourth-order valence-corrected chi connectivity index (χ4v) is 3.54. The zero-order valence-electron chi connectivity index (χ0n) is 18.7. The van der Waals surface area contributed by atoms with Gasteiger partial charge >= 0.3 is 0 Å². The van der Waals surface area contributed by atoms with Crippen LogP contribution >= 0.6 is 0 Å². The zero-order valence-corrected chi connectivity index (χ0v) is 18.7. The van der Waals surface area contributed by atoms with Crippen LogP contribution in [0.3, 0.4) is 0 Å². The highest BCUT2D eigenvalue weighted by atomic mass is 16.2. The maximum absolute atomic E-state index is 12.2. The molecule has 1 amide bonds.